The maximum atomic E-state index is 12.5. The molecule has 0 aliphatic carbocycles. The Morgan fingerprint density at radius 1 is 1.40 bits per heavy atom. The van der Waals surface area contributed by atoms with Crippen molar-refractivity contribution in [3.63, 3.8) is 0 Å². The van der Waals surface area contributed by atoms with Gasteiger partial charge < -0.3 is 5.32 Å². The van der Waals surface area contributed by atoms with Crippen LogP contribution in [0.4, 0.5) is 0 Å². The fourth-order valence-corrected chi connectivity index (χ4v) is 2.24. The molecule has 1 aromatic carbocycles. The predicted octanol–water partition coefficient (Wildman–Crippen LogP) is -0.291. The van der Waals surface area contributed by atoms with Gasteiger partial charge in [-0.05, 0) is 5.56 Å². The summed E-state index contributed by atoms with van der Waals surface area (Å²) >= 11 is 0. The Hall–Kier alpha value is -1.76. The molecule has 2 amide bonds. The lowest BCUT2D eigenvalue weighted by molar-refractivity contribution is -0.146. The zero-order chi connectivity index (χ0) is 14.5. The number of piperazine rings is 1. The number of hydrazine groups is 1. The molecule has 20 heavy (non-hydrogen) atoms. The molecule has 1 atom stereocenters. The molecule has 1 fully saturated rings. The van der Waals surface area contributed by atoms with Crippen molar-refractivity contribution >= 4 is 11.8 Å². The number of carbonyl (C=O) groups excluding carboxylic acids is 2. The standard InChI is InChI=1S/C14H20N4O2/c1-11(19)18(9-12-5-3-2-4-6-12)14(20)13-10-17(15)8-7-16-13/h2-6,13,16H,7-10,15H2,1H3. The molecule has 3 N–H and O–H groups in total. The number of hydrogen-bond acceptors (Lipinski definition) is 5. The minimum absolute atomic E-state index is 0.225. The van der Waals surface area contributed by atoms with Crippen LogP contribution in [0.25, 0.3) is 0 Å². The molecule has 2 rings (SSSR count). The largest absolute Gasteiger partial charge is 0.303 e. The van der Waals surface area contributed by atoms with Gasteiger partial charge in [0.2, 0.25) is 11.8 Å². The normalized spacial score (nSPS) is 19.6. The summed E-state index contributed by atoms with van der Waals surface area (Å²) in [5, 5.41) is 4.70. The van der Waals surface area contributed by atoms with E-state index in [1.807, 2.05) is 30.3 Å². The van der Waals surface area contributed by atoms with Crippen molar-refractivity contribution in [2.45, 2.75) is 19.5 Å². The maximum Gasteiger partial charge on any atom is 0.247 e. The lowest BCUT2D eigenvalue weighted by Gasteiger charge is -2.32. The zero-order valence-electron chi connectivity index (χ0n) is 11.6. The van der Waals surface area contributed by atoms with E-state index in [1.165, 1.54) is 11.8 Å². The first-order chi connectivity index (χ1) is 9.58. The lowest BCUT2D eigenvalue weighted by Crippen LogP contribution is -2.59. The minimum Gasteiger partial charge on any atom is -0.303 e. The van der Waals surface area contributed by atoms with Gasteiger partial charge in [-0.3, -0.25) is 20.3 Å². The molecule has 1 aromatic rings. The number of hydrogen-bond donors (Lipinski definition) is 2. The molecule has 6 nitrogen and oxygen atoms in total. The molecule has 0 saturated carbocycles. The Kier molecular flexibility index (Phi) is 4.84. The van der Waals surface area contributed by atoms with Gasteiger partial charge in [-0.25, -0.2) is 5.01 Å². The first-order valence-electron chi connectivity index (χ1n) is 6.67. The van der Waals surface area contributed by atoms with Crippen molar-refractivity contribution in [1.82, 2.24) is 15.2 Å². The van der Waals surface area contributed by atoms with Gasteiger partial charge in [-0.1, -0.05) is 30.3 Å². The Morgan fingerprint density at radius 2 is 2.10 bits per heavy atom. The van der Waals surface area contributed by atoms with Gasteiger partial charge in [0.15, 0.2) is 0 Å². The highest BCUT2D eigenvalue weighted by atomic mass is 16.2. The van der Waals surface area contributed by atoms with Crippen LogP contribution in [-0.4, -0.2) is 47.4 Å². The van der Waals surface area contributed by atoms with Crippen molar-refractivity contribution in [3.8, 4) is 0 Å². The Bertz CT molecular complexity index is 477. The predicted molar refractivity (Wildman–Crippen MR) is 75.2 cm³/mol. The van der Waals surface area contributed by atoms with Crippen LogP contribution < -0.4 is 11.2 Å². The third-order valence-corrected chi connectivity index (χ3v) is 3.33. The second kappa shape index (κ2) is 6.60. The molecule has 1 saturated heterocycles. The summed E-state index contributed by atoms with van der Waals surface area (Å²) in [6.07, 6.45) is 0. The number of benzene rings is 1. The number of carbonyl (C=O) groups is 2. The molecular formula is C14H20N4O2. The summed E-state index contributed by atoms with van der Waals surface area (Å²) < 4.78 is 0. The summed E-state index contributed by atoms with van der Waals surface area (Å²) in [5.74, 6) is 5.25. The van der Waals surface area contributed by atoms with E-state index >= 15 is 0 Å². The van der Waals surface area contributed by atoms with E-state index < -0.39 is 6.04 Å². The van der Waals surface area contributed by atoms with Crippen LogP contribution in [0.5, 0.6) is 0 Å². The average Bonchev–Trinajstić information content (AvgIpc) is 2.45. The quantitative estimate of drug-likeness (QED) is 0.742. The molecular weight excluding hydrogens is 256 g/mol. The highest BCUT2D eigenvalue weighted by Crippen LogP contribution is 2.08. The van der Waals surface area contributed by atoms with E-state index in [0.29, 0.717) is 19.6 Å². The van der Waals surface area contributed by atoms with Crippen LogP contribution >= 0.6 is 0 Å². The van der Waals surface area contributed by atoms with Gasteiger partial charge in [-0.2, -0.15) is 0 Å². The van der Waals surface area contributed by atoms with Gasteiger partial charge in [-0.15, -0.1) is 0 Å². The molecule has 6 heteroatoms. The second-order valence-corrected chi connectivity index (χ2v) is 4.93. The third-order valence-electron chi connectivity index (χ3n) is 3.33. The van der Waals surface area contributed by atoms with Crippen LogP contribution in [0, 0.1) is 0 Å². The van der Waals surface area contributed by atoms with E-state index in [9.17, 15) is 9.59 Å². The Morgan fingerprint density at radius 3 is 2.70 bits per heavy atom. The number of nitrogens with two attached hydrogens (primary N) is 1. The first kappa shape index (κ1) is 14.6. The monoisotopic (exact) mass is 276 g/mol. The second-order valence-electron chi connectivity index (χ2n) is 4.93. The fourth-order valence-electron chi connectivity index (χ4n) is 2.24. The SMILES string of the molecule is CC(=O)N(Cc1ccccc1)C(=O)C1CN(N)CCN1. The number of nitrogens with one attached hydrogen (secondary N) is 1. The van der Waals surface area contributed by atoms with Crippen molar-refractivity contribution < 1.29 is 9.59 Å². The van der Waals surface area contributed by atoms with Crippen LogP contribution in [0.1, 0.15) is 12.5 Å². The van der Waals surface area contributed by atoms with Crippen LogP contribution in [0.15, 0.2) is 30.3 Å². The fraction of sp³-hybridized carbons (Fsp3) is 0.429. The topological polar surface area (TPSA) is 78.7 Å². The first-order valence-corrected chi connectivity index (χ1v) is 6.67. The highest BCUT2D eigenvalue weighted by molar-refractivity contribution is 5.97. The smallest absolute Gasteiger partial charge is 0.247 e. The maximum absolute atomic E-state index is 12.5. The number of amides is 2. The van der Waals surface area contributed by atoms with Gasteiger partial charge in [0, 0.05) is 26.6 Å². The molecule has 0 spiro atoms. The summed E-state index contributed by atoms with van der Waals surface area (Å²) in [7, 11) is 0. The average molecular weight is 276 g/mol. The molecule has 1 aliphatic rings. The van der Waals surface area contributed by atoms with Crippen molar-refractivity contribution in [2.75, 3.05) is 19.6 Å². The molecule has 1 unspecified atom stereocenters. The highest BCUT2D eigenvalue weighted by Gasteiger charge is 2.29. The third kappa shape index (κ3) is 3.63. The summed E-state index contributed by atoms with van der Waals surface area (Å²) in [6, 6.07) is 9.04. The summed E-state index contributed by atoms with van der Waals surface area (Å²) in [5.41, 5.74) is 0.927. The van der Waals surface area contributed by atoms with Gasteiger partial charge >= 0.3 is 0 Å². The molecule has 0 aromatic heterocycles. The Balaban J connectivity index is 2.08. The zero-order valence-corrected chi connectivity index (χ0v) is 11.6. The van der Waals surface area contributed by atoms with E-state index in [2.05, 4.69) is 5.32 Å². The van der Waals surface area contributed by atoms with E-state index in [-0.39, 0.29) is 18.4 Å². The van der Waals surface area contributed by atoms with Gasteiger partial charge in [0.1, 0.15) is 6.04 Å². The number of nitrogens with zero attached hydrogens (tertiary/aromatic N) is 2. The molecule has 0 radical (unpaired) electrons. The minimum atomic E-state index is -0.429. The molecule has 1 heterocycles. The van der Waals surface area contributed by atoms with E-state index in [0.717, 1.165) is 5.56 Å². The van der Waals surface area contributed by atoms with Crippen LogP contribution in [0.3, 0.4) is 0 Å². The van der Waals surface area contributed by atoms with Crippen molar-refractivity contribution in [1.29, 1.82) is 0 Å². The van der Waals surface area contributed by atoms with Crippen LogP contribution in [0.2, 0.25) is 0 Å². The summed E-state index contributed by atoms with van der Waals surface area (Å²) in [4.78, 5) is 25.5. The number of imide groups is 1. The molecule has 1 aliphatic heterocycles. The van der Waals surface area contributed by atoms with Gasteiger partial charge in [0.05, 0.1) is 6.54 Å². The molecule has 108 valence electrons. The van der Waals surface area contributed by atoms with Crippen molar-refractivity contribution in [3.05, 3.63) is 35.9 Å². The number of rotatable bonds is 3. The van der Waals surface area contributed by atoms with Crippen molar-refractivity contribution in [2.24, 2.45) is 5.84 Å². The van der Waals surface area contributed by atoms with Crippen LogP contribution in [-0.2, 0) is 16.1 Å². The van der Waals surface area contributed by atoms with E-state index in [4.69, 9.17) is 5.84 Å². The van der Waals surface area contributed by atoms with E-state index in [1.54, 1.807) is 5.01 Å². The summed E-state index contributed by atoms with van der Waals surface area (Å²) in [6.45, 7) is 3.45. The lowest BCUT2D eigenvalue weighted by atomic mass is 10.1. The molecule has 0 bridgehead atoms. The van der Waals surface area contributed by atoms with Gasteiger partial charge in [0.25, 0.3) is 0 Å². The Labute approximate surface area is 118 Å².